The van der Waals surface area contributed by atoms with Gasteiger partial charge in [0.15, 0.2) is 0 Å². The monoisotopic (exact) mass is 250 g/mol. The van der Waals surface area contributed by atoms with Crippen LogP contribution in [0.1, 0.15) is 17.2 Å². The van der Waals surface area contributed by atoms with E-state index < -0.39 is 6.10 Å². The highest BCUT2D eigenvalue weighted by Crippen LogP contribution is 2.25. The fourth-order valence-electron chi connectivity index (χ4n) is 2.11. The summed E-state index contributed by atoms with van der Waals surface area (Å²) in [7, 11) is 0. The van der Waals surface area contributed by atoms with Gasteiger partial charge in [-0.25, -0.2) is 0 Å². The van der Waals surface area contributed by atoms with E-state index in [4.69, 9.17) is 4.42 Å². The van der Waals surface area contributed by atoms with Crippen molar-refractivity contribution in [1.82, 2.24) is 0 Å². The number of rotatable bonds is 3. The summed E-state index contributed by atoms with van der Waals surface area (Å²) in [6.07, 6.45) is 2.78. The molecule has 0 spiro atoms. The predicted molar refractivity (Wildman–Crippen MR) is 74.6 cm³/mol. The Morgan fingerprint density at radius 2 is 1.42 bits per heavy atom. The summed E-state index contributed by atoms with van der Waals surface area (Å²) in [6.45, 7) is 0. The smallest absolute Gasteiger partial charge is 0.104 e. The number of hydrogen-bond acceptors (Lipinski definition) is 2. The molecule has 0 saturated carbocycles. The number of hydrogen-bond donors (Lipinski definition) is 1. The fourth-order valence-corrected chi connectivity index (χ4v) is 2.11. The molecule has 19 heavy (non-hydrogen) atoms. The van der Waals surface area contributed by atoms with Gasteiger partial charge in [-0.1, -0.05) is 54.6 Å². The van der Waals surface area contributed by atoms with E-state index in [2.05, 4.69) is 0 Å². The lowest BCUT2D eigenvalue weighted by atomic mass is 9.99. The third-order valence-electron chi connectivity index (χ3n) is 3.20. The van der Waals surface area contributed by atoms with Gasteiger partial charge in [-0.3, -0.25) is 0 Å². The van der Waals surface area contributed by atoms with Gasteiger partial charge in [0.05, 0.1) is 12.5 Å². The van der Waals surface area contributed by atoms with Gasteiger partial charge >= 0.3 is 0 Å². The Hall–Kier alpha value is -2.32. The Morgan fingerprint density at radius 3 is 2.05 bits per heavy atom. The normalized spacial score (nSPS) is 12.3. The second-order valence-corrected chi connectivity index (χ2v) is 4.45. The molecule has 1 aromatic heterocycles. The number of furan rings is 1. The third-order valence-corrected chi connectivity index (χ3v) is 3.20. The molecule has 0 aliphatic heterocycles. The van der Waals surface area contributed by atoms with Crippen molar-refractivity contribution in [3.63, 3.8) is 0 Å². The van der Waals surface area contributed by atoms with Crippen molar-refractivity contribution in [1.29, 1.82) is 0 Å². The summed E-state index contributed by atoms with van der Waals surface area (Å²) in [5, 5.41) is 10.3. The summed E-state index contributed by atoms with van der Waals surface area (Å²) in [5.74, 6) is 0. The maximum Gasteiger partial charge on any atom is 0.104 e. The number of aliphatic hydroxyl groups excluding tert-OH is 1. The van der Waals surface area contributed by atoms with E-state index in [0.29, 0.717) is 0 Å². The Labute approximate surface area is 111 Å². The topological polar surface area (TPSA) is 33.4 Å². The van der Waals surface area contributed by atoms with Crippen LogP contribution >= 0.6 is 0 Å². The molecule has 3 rings (SSSR count). The number of aliphatic hydroxyl groups is 1. The molecule has 0 bridgehead atoms. The van der Waals surface area contributed by atoms with Crippen LogP contribution in [0.5, 0.6) is 0 Å². The first-order valence-electron chi connectivity index (χ1n) is 6.20. The minimum atomic E-state index is -0.584. The van der Waals surface area contributed by atoms with Crippen molar-refractivity contribution in [2.45, 2.75) is 6.10 Å². The predicted octanol–water partition coefficient (Wildman–Crippen LogP) is 4.03. The van der Waals surface area contributed by atoms with Crippen molar-refractivity contribution in [3.8, 4) is 11.1 Å². The molecule has 1 N–H and O–H groups in total. The standard InChI is InChI=1S/C17H14O2/c18-17(14-4-2-1-3-5-14)15-8-6-13(7-9-15)16-10-11-19-12-16/h1-12,17-18H/t17-/m0/s1. The maximum absolute atomic E-state index is 10.3. The van der Waals surface area contributed by atoms with Crippen LogP contribution in [0.4, 0.5) is 0 Å². The molecule has 2 aromatic carbocycles. The Morgan fingerprint density at radius 1 is 0.737 bits per heavy atom. The van der Waals surface area contributed by atoms with E-state index in [1.165, 1.54) is 0 Å². The summed E-state index contributed by atoms with van der Waals surface area (Å²) in [6, 6.07) is 19.4. The molecular formula is C17H14O2. The van der Waals surface area contributed by atoms with Gasteiger partial charge in [0.2, 0.25) is 0 Å². The molecule has 2 nitrogen and oxygen atoms in total. The quantitative estimate of drug-likeness (QED) is 0.761. The van der Waals surface area contributed by atoms with E-state index in [-0.39, 0.29) is 0 Å². The summed E-state index contributed by atoms with van der Waals surface area (Å²) < 4.78 is 5.07. The van der Waals surface area contributed by atoms with E-state index in [1.54, 1.807) is 12.5 Å². The van der Waals surface area contributed by atoms with Gasteiger partial charge in [-0.2, -0.15) is 0 Å². The lowest BCUT2D eigenvalue weighted by molar-refractivity contribution is 0.220. The molecule has 0 aliphatic rings. The van der Waals surface area contributed by atoms with Crippen LogP contribution in [0.25, 0.3) is 11.1 Å². The maximum atomic E-state index is 10.3. The zero-order valence-electron chi connectivity index (χ0n) is 10.4. The number of benzene rings is 2. The zero-order chi connectivity index (χ0) is 13.1. The van der Waals surface area contributed by atoms with Crippen LogP contribution in [0.3, 0.4) is 0 Å². The summed E-state index contributed by atoms with van der Waals surface area (Å²) in [4.78, 5) is 0. The SMILES string of the molecule is O[C@@H](c1ccccc1)c1ccc(-c2ccoc2)cc1. The summed E-state index contributed by atoms with van der Waals surface area (Å²) >= 11 is 0. The van der Waals surface area contributed by atoms with Gasteiger partial charge in [-0.15, -0.1) is 0 Å². The van der Waals surface area contributed by atoms with Crippen molar-refractivity contribution < 1.29 is 9.52 Å². The van der Waals surface area contributed by atoms with Gasteiger partial charge in [0.1, 0.15) is 6.10 Å². The molecule has 1 heterocycles. The van der Waals surface area contributed by atoms with Crippen LogP contribution in [-0.4, -0.2) is 5.11 Å². The molecule has 2 heteroatoms. The molecular weight excluding hydrogens is 236 g/mol. The Balaban J connectivity index is 1.87. The Bertz CT molecular complexity index is 625. The van der Waals surface area contributed by atoms with Gasteiger partial charge in [0.25, 0.3) is 0 Å². The Kier molecular flexibility index (Phi) is 3.17. The average molecular weight is 250 g/mol. The molecule has 0 fully saturated rings. The van der Waals surface area contributed by atoms with Crippen LogP contribution < -0.4 is 0 Å². The van der Waals surface area contributed by atoms with Crippen LogP contribution in [-0.2, 0) is 0 Å². The molecule has 0 aliphatic carbocycles. The lowest BCUT2D eigenvalue weighted by Gasteiger charge is -2.11. The summed E-state index contributed by atoms with van der Waals surface area (Å²) in [5.41, 5.74) is 3.91. The van der Waals surface area contributed by atoms with E-state index in [1.807, 2.05) is 60.7 Å². The highest BCUT2D eigenvalue weighted by atomic mass is 16.3. The molecule has 0 amide bonds. The van der Waals surface area contributed by atoms with Crippen molar-refractivity contribution in [2.24, 2.45) is 0 Å². The van der Waals surface area contributed by atoms with Crippen LogP contribution in [0.15, 0.2) is 77.6 Å². The van der Waals surface area contributed by atoms with Gasteiger partial charge in [-0.05, 0) is 22.8 Å². The largest absolute Gasteiger partial charge is 0.472 e. The van der Waals surface area contributed by atoms with Gasteiger partial charge in [0, 0.05) is 5.56 Å². The molecule has 1 atom stereocenters. The average Bonchev–Trinajstić information content (AvgIpc) is 3.02. The fraction of sp³-hybridized carbons (Fsp3) is 0.0588. The zero-order valence-corrected chi connectivity index (χ0v) is 10.4. The highest BCUT2D eigenvalue weighted by Gasteiger charge is 2.09. The van der Waals surface area contributed by atoms with Crippen LogP contribution in [0.2, 0.25) is 0 Å². The molecule has 94 valence electrons. The van der Waals surface area contributed by atoms with Crippen molar-refractivity contribution >= 4 is 0 Å². The highest BCUT2D eigenvalue weighted by molar-refractivity contribution is 5.62. The van der Waals surface area contributed by atoms with E-state index in [9.17, 15) is 5.11 Å². The lowest BCUT2D eigenvalue weighted by Crippen LogP contribution is -1.98. The minimum absolute atomic E-state index is 0.584. The molecule has 0 saturated heterocycles. The minimum Gasteiger partial charge on any atom is -0.472 e. The molecule has 3 aromatic rings. The van der Waals surface area contributed by atoms with Gasteiger partial charge < -0.3 is 9.52 Å². The van der Waals surface area contributed by atoms with Crippen molar-refractivity contribution in [2.75, 3.05) is 0 Å². The molecule has 0 unspecified atom stereocenters. The first-order valence-corrected chi connectivity index (χ1v) is 6.20. The van der Waals surface area contributed by atoms with Crippen molar-refractivity contribution in [3.05, 3.63) is 84.3 Å². The molecule has 0 radical (unpaired) electrons. The van der Waals surface area contributed by atoms with E-state index >= 15 is 0 Å². The first kappa shape index (κ1) is 11.8. The van der Waals surface area contributed by atoms with E-state index in [0.717, 1.165) is 22.3 Å². The van der Waals surface area contributed by atoms with Crippen LogP contribution in [0, 0.1) is 0 Å². The first-order chi connectivity index (χ1) is 9.34. The third kappa shape index (κ3) is 2.44. The second-order valence-electron chi connectivity index (χ2n) is 4.45. The second kappa shape index (κ2) is 5.12.